The summed E-state index contributed by atoms with van der Waals surface area (Å²) in [6.07, 6.45) is 0.865. The van der Waals surface area contributed by atoms with Crippen LogP contribution in [0.2, 0.25) is 0 Å². The van der Waals surface area contributed by atoms with Crippen molar-refractivity contribution in [2.45, 2.75) is 26.4 Å². The molecule has 0 fully saturated rings. The molecule has 0 atom stereocenters. The minimum Gasteiger partial charge on any atom is -0.493 e. The minimum atomic E-state index is -0.413. The number of benzene rings is 2. The first-order chi connectivity index (χ1) is 17.0. The average Bonchev–Trinajstić information content (AvgIpc) is 3.17. The molecule has 1 aliphatic heterocycles. The second kappa shape index (κ2) is 9.13. The Bertz CT molecular complexity index is 1470. The molecule has 0 radical (unpaired) electrons. The molecule has 0 saturated carbocycles. The number of nitrogens with zero attached hydrogens (tertiary/aromatic N) is 5. The topological polar surface area (TPSA) is 103 Å². The van der Waals surface area contributed by atoms with Crippen molar-refractivity contribution < 1.29 is 14.3 Å². The molecule has 0 saturated heterocycles. The van der Waals surface area contributed by atoms with Gasteiger partial charge >= 0.3 is 5.69 Å². The van der Waals surface area contributed by atoms with Gasteiger partial charge in [-0.15, -0.1) is 5.10 Å². The zero-order chi connectivity index (χ0) is 24.5. The number of hydrogen-bond donors (Lipinski definition) is 1. The summed E-state index contributed by atoms with van der Waals surface area (Å²) >= 11 is 0. The number of aromatic nitrogens is 4. The van der Waals surface area contributed by atoms with Crippen molar-refractivity contribution in [1.82, 2.24) is 19.2 Å². The summed E-state index contributed by atoms with van der Waals surface area (Å²) in [5, 5.41) is 7.19. The quantitative estimate of drug-likeness (QED) is 0.458. The molecule has 1 N–H and O–H groups in total. The maximum atomic E-state index is 13.3. The van der Waals surface area contributed by atoms with Gasteiger partial charge in [0.15, 0.2) is 17.1 Å². The first-order valence-corrected chi connectivity index (χ1v) is 11.3. The van der Waals surface area contributed by atoms with E-state index in [4.69, 9.17) is 9.47 Å². The van der Waals surface area contributed by atoms with Crippen molar-refractivity contribution in [3.63, 3.8) is 0 Å². The van der Waals surface area contributed by atoms with Crippen molar-refractivity contribution in [2.75, 3.05) is 31.0 Å². The number of ether oxygens (including phenoxy) is 2. The maximum absolute atomic E-state index is 13.3. The first kappa shape index (κ1) is 22.5. The fraction of sp³-hybridized carbons (Fsp3) is 0.280. The molecule has 5 rings (SSSR count). The van der Waals surface area contributed by atoms with Gasteiger partial charge in [0.1, 0.15) is 6.54 Å². The Morgan fingerprint density at radius 2 is 1.83 bits per heavy atom. The Labute approximate surface area is 201 Å². The molecule has 0 spiro atoms. The van der Waals surface area contributed by atoms with Crippen molar-refractivity contribution in [3.05, 3.63) is 75.8 Å². The Hall–Kier alpha value is -4.34. The molecule has 1 aliphatic rings. The van der Waals surface area contributed by atoms with Crippen molar-refractivity contribution >= 4 is 23.2 Å². The fourth-order valence-electron chi connectivity index (χ4n) is 4.36. The van der Waals surface area contributed by atoms with E-state index in [9.17, 15) is 9.59 Å². The molecule has 35 heavy (non-hydrogen) atoms. The lowest BCUT2D eigenvalue weighted by atomic mass is 10.0. The SMILES string of the molecule is COc1ccc(NC(=O)Cn2nc3cc(C)nc(N4CCc5ccccc5C4)n3c2=O)cc1OC. The van der Waals surface area contributed by atoms with Gasteiger partial charge in [0.25, 0.3) is 0 Å². The number of carbonyl (C=O) groups excluding carboxylic acids is 1. The van der Waals surface area contributed by atoms with Gasteiger partial charge in [-0.25, -0.2) is 18.9 Å². The molecule has 2 aromatic heterocycles. The molecule has 0 unspecified atom stereocenters. The van der Waals surface area contributed by atoms with Crippen LogP contribution in [0.5, 0.6) is 11.5 Å². The largest absolute Gasteiger partial charge is 0.493 e. The average molecular weight is 475 g/mol. The summed E-state index contributed by atoms with van der Waals surface area (Å²) in [6.45, 7) is 3.02. The van der Waals surface area contributed by atoms with E-state index in [0.717, 1.165) is 23.3 Å². The van der Waals surface area contributed by atoms with Gasteiger partial charge in [0, 0.05) is 36.6 Å². The lowest BCUT2D eigenvalue weighted by molar-refractivity contribution is -0.117. The Kier molecular flexibility index (Phi) is 5.86. The Morgan fingerprint density at radius 3 is 2.60 bits per heavy atom. The van der Waals surface area contributed by atoms with Crippen LogP contribution in [-0.2, 0) is 24.3 Å². The first-order valence-electron chi connectivity index (χ1n) is 11.3. The summed E-state index contributed by atoms with van der Waals surface area (Å²) < 4.78 is 13.1. The Balaban J connectivity index is 1.42. The number of nitrogens with one attached hydrogen (secondary N) is 1. The van der Waals surface area contributed by atoms with Crippen LogP contribution in [0.4, 0.5) is 11.6 Å². The second-order valence-corrected chi connectivity index (χ2v) is 8.39. The minimum absolute atomic E-state index is 0.240. The van der Waals surface area contributed by atoms with Crippen molar-refractivity contribution in [1.29, 1.82) is 0 Å². The highest BCUT2D eigenvalue weighted by Gasteiger charge is 2.23. The molecule has 4 aromatic rings. The monoisotopic (exact) mass is 474 g/mol. The smallest absolute Gasteiger partial charge is 0.353 e. The number of rotatable bonds is 6. The normalized spacial score (nSPS) is 12.9. The highest BCUT2D eigenvalue weighted by atomic mass is 16.5. The highest BCUT2D eigenvalue weighted by molar-refractivity contribution is 5.90. The number of amides is 1. The summed E-state index contributed by atoms with van der Waals surface area (Å²) in [5.41, 5.74) is 3.83. The number of fused-ring (bicyclic) bond motifs is 2. The molecule has 10 heteroatoms. The van der Waals surface area contributed by atoms with Crippen molar-refractivity contribution in [2.24, 2.45) is 0 Å². The van der Waals surface area contributed by atoms with Crippen LogP contribution in [0.3, 0.4) is 0 Å². The summed E-state index contributed by atoms with van der Waals surface area (Å²) in [4.78, 5) is 32.8. The highest BCUT2D eigenvalue weighted by Crippen LogP contribution is 2.29. The maximum Gasteiger partial charge on any atom is 0.353 e. The number of anilines is 2. The number of aryl methyl sites for hydroxylation is 1. The van der Waals surface area contributed by atoms with Crippen LogP contribution in [0, 0.1) is 6.92 Å². The molecule has 180 valence electrons. The zero-order valence-electron chi connectivity index (χ0n) is 19.8. The Morgan fingerprint density at radius 1 is 1.06 bits per heavy atom. The van der Waals surface area contributed by atoms with Crippen LogP contribution in [0.1, 0.15) is 16.8 Å². The predicted octanol–water partition coefficient (Wildman–Crippen LogP) is 2.42. The number of methoxy groups -OCH3 is 2. The van der Waals surface area contributed by atoms with Crippen molar-refractivity contribution in [3.8, 4) is 11.5 Å². The second-order valence-electron chi connectivity index (χ2n) is 8.39. The van der Waals surface area contributed by atoms with Crippen LogP contribution in [0.15, 0.2) is 53.3 Å². The van der Waals surface area contributed by atoms with Gasteiger partial charge in [-0.2, -0.15) is 0 Å². The van der Waals surface area contributed by atoms with E-state index in [-0.39, 0.29) is 12.5 Å². The van der Waals surface area contributed by atoms with E-state index in [0.29, 0.717) is 35.3 Å². The van der Waals surface area contributed by atoms with Gasteiger partial charge in [-0.3, -0.25) is 4.79 Å². The van der Waals surface area contributed by atoms with E-state index in [1.54, 1.807) is 31.4 Å². The summed E-state index contributed by atoms with van der Waals surface area (Å²) in [5.74, 6) is 1.19. The molecule has 0 aliphatic carbocycles. The summed E-state index contributed by atoms with van der Waals surface area (Å²) in [7, 11) is 3.06. The van der Waals surface area contributed by atoms with Crippen LogP contribution in [-0.4, -0.2) is 45.8 Å². The standard InChI is InChI=1S/C25H26N6O4/c1-16-12-22-28-30(15-23(32)27-19-8-9-20(34-2)21(13-19)35-3)25(33)31(22)24(26-16)29-11-10-17-6-4-5-7-18(17)14-29/h4-9,12-13H,10-11,14-15H2,1-3H3,(H,27,32). The lowest BCUT2D eigenvalue weighted by Crippen LogP contribution is -2.35. The van der Waals surface area contributed by atoms with E-state index in [1.807, 2.05) is 19.1 Å². The number of hydrogen-bond acceptors (Lipinski definition) is 7. The molecule has 0 bridgehead atoms. The van der Waals surface area contributed by atoms with Crippen LogP contribution >= 0.6 is 0 Å². The molecule has 1 amide bonds. The summed E-state index contributed by atoms with van der Waals surface area (Å²) in [6, 6.07) is 15.1. The zero-order valence-corrected chi connectivity index (χ0v) is 19.8. The van der Waals surface area contributed by atoms with Gasteiger partial charge in [-0.05, 0) is 36.6 Å². The van der Waals surface area contributed by atoms with E-state index < -0.39 is 5.69 Å². The predicted molar refractivity (Wildman–Crippen MR) is 131 cm³/mol. The van der Waals surface area contributed by atoms with E-state index >= 15 is 0 Å². The van der Waals surface area contributed by atoms with E-state index in [1.165, 1.54) is 22.6 Å². The lowest BCUT2D eigenvalue weighted by Gasteiger charge is -2.29. The van der Waals surface area contributed by atoms with E-state index in [2.05, 4.69) is 32.4 Å². The molecular weight excluding hydrogens is 448 g/mol. The molecule has 10 nitrogen and oxygen atoms in total. The third-order valence-electron chi connectivity index (χ3n) is 6.05. The fourth-order valence-corrected chi connectivity index (χ4v) is 4.36. The van der Waals surface area contributed by atoms with Crippen LogP contribution in [0.25, 0.3) is 5.65 Å². The third-order valence-corrected chi connectivity index (χ3v) is 6.05. The van der Waals surface area contributed by atoms with Gasteiger partial charge in [0.2, 0.25) is 11.9 Å². The molecule has 2 aromatic carbocycles. The molecular formula is C25H26N6O4. The third kappa shape index (κ3) is 4.30. The number of carbonyl (C=O) groups is 1. The molecule has 3 heterocycles. The van der Waals surface area contributed by atoms with Gasteiger partial charge in [-0.1, -0.05) is 24.3 Å². The van der Waals surface area contributed by atoms with Crippen LogP contribution < -0.4 is 25.4 Å². The van der Waals surface area contributed by atoms with Gasteiger partial charge < -0.3 is 19.7 Å². The van der Waals surface area contributed by atoms with Gasteiger partial charge in [0.05, 0.1) is 14.2 Å².